The second-order valence-electron chi connectivity index (χ2n) is 4.29. The van der Waals surface area contributed by atoms with Gasteiger partial charge < -0.3 is 9.80 Å². The summed E-state index contributed by atoms with van der Waals surface area (Å²) in [6, 6.07) is 2.31. The van der Waals surface area contributed by atoms with Gasteiger partial charge in [-0.2, -0.15) is 20.2 Å². The van der Waals surface area contributed by atoms with Crippen LogP contribution in [0.1, 0.15) is 20.3 Å². The number of hydrogen-bond acceptors (Lipinski definition) is 6. The number of anilines is 2. The zero-order valence-electron chi connectivity index (χ0n) is 11.1. The lowest BCUT2D eigenvalue weighted by molar-refractivity contribution is 0.662. The van der Waals surface area contributed by atoms with Crippen LogP contribution in [0.2, 0.25) is 5.28 Å². The Bertz CT molecular complexity index is 440. The molecule has 0 aromatic carbocycles. The molecule has 0 saturated heterocycles. The van der Waals surface area contributed by atoms with Gasteiger partial charge in [0.2, 0.25) is 17.2 Å². The monoisotopic (exact) mass is 268 g/mol. The maximum absolute atomic E-state index is 8.68. The van der Waals surface area contributed by atoms with Crippen molar-refractivity contribution < 1.29 is 0 Å². The molecule has 0 aliphatic heterocycles. The largest absolute Gasteiger partial charge is 0.347 e. The molecule has 0 bridgehead atoms. The highest BCUT2D eigenvalue weighted by molar-refractivity contribution is 6.28. The number of nitrogens with zero attached hydrogens (tertiary/aromatic N) is 6. The van der Waals surface area contributed by atoms with Crippen molar-refractivity contribution in [3.05, 3.63) is 5.28 Å². The van der Waals surface area contributed by atoms with Gasteiger partial charge in [0.05, 0.1) is 12.5 Å². The molecule has 1 aromatic heterocycles. The van der Waals surface area contributed by atoms with E-state index in [1.54, 1.807) is 4.90 Å². The molecule has 0 saturated carbocycles. The third kappa shape index (κ3) is 3.70. The van der Waals surface area contributed by atoms with Gasteiger partial charge in [0.1, 0.15) is 0 Å². The van der Waals surface area contributed by atoms with Crippen molar-refractivity contribution in [3.8, 4) is 6.07 Å². The first kappa shape index (κ1) is 14.5. The Balaban J connectivity index is 3.08. The summed E-state index contributed by atoms with van der Waals surface area (Å²) in [7, 11) is 3.68. The highest BCUT2D eigenvalue weighted by atomic mass is 35.5. The quantitative estimate of drug-likeness (QED) is 0.810. The highest BCUT2D eigenvalue weighted by Gasteiger charge is 2.16. The maximum Gasteiger partial charge on any atom is 0.231 e. The van der Waals surface area contributed by atoms with Crippen LogP contribution in [0.4, 0.5) is 11.9 Å². The molecule has 0 amide bonds. The molecule has 0 fully saturated rings. The molecule has 0 atom stereocenters. The average molecular weight is 269 g/mol. The highest BCUT2D eigenvalue weighted by Crippen LogP contribution is 2.17. The maximum atomic E-state index is 8.68. The summed E-state index contributed by atoms with van der Waals surface area (Å²) in [5.41, 5.74) is 0. The van der Waals surface area contributed by atoms with Crippen LogP contribution in [0.5, 0.6) is 0 Å². The first-order valence-corrected chi connectivity index (χ1v) is 6.06. The minimum absolute atomic E-state index is 0.159. The molecule has 0 unspecified atom stereocenters. The van der Waals surface area contributed by atoms with Crippen LogP contribution in [0.15, 0.2) is 0 Å². The number of halogens is 1. The van der Waals surface area contributed by atoms with E-state index in [1.807, 2.05) is 32.8 Å². The lowest BCUT2D eigenvalue weighted by Gasteiger charge is -2.26. The third-order valence-corrected chi connectivity index (χ3v) is 2.50. The lowest BCUT2D eigenvalue weighted by Crippen LogP contribution is -2.33. The van der Waals surface area contributed by atoms with Gasteiger partial charge in [0.25, 0.3) is 0 Å². The van der Waals surface area contributed by atoms with Crippen molar-refractivity contribution in [2.75, 3.05) is 30.4 Å². The van der Waals surface area contributed by atoms with Gasteiger partial charge in [-0.1, -0.05) is 0 Å². The molecular weight excluding hydrogens is 252 g/mol. The summed E-state index contributed by atoms with van der Waals surface area (Å²) < 4.78 is 0. The number of aromatic nitrogens is 3. The average Bonchev–Trinajstić information content (AvgIpc) is 2.28. The van der Waals surface area contributed by atoms with Crippen LogP contribution in [-0.2, 0) is 0 Å². The van der Waals surface area contributed by atoms with Crippen LogP contribution in [-0.4, -0.2) is 41.6 Å². The zero-order valence-corrected chi connectivity index (χ0v) is 11.8. The van der Waals surface area contributed by atoms with Crippen molar-refractivity contribution in [1.82, 2.24) is 15.0 Å². The topological polar surface area (TPSA) is 68.9 Å². The molecule has 7 heteroatoms. The Morgan fingerprint density at radius 2 is 1.83 bits per heavy atom. The van der Waals surface area contributed by atoms with E-state index in [-0.39, 0.29) is 11.3 Å². The predicted octanol–water partition coefficient (Wildman–Crippen LogP) is 1.72. The lowest BCUT2D eigenvalue weighted by atomic mass is 10.3. The summed E-state index contributed by atoms with van der Waals surface area (Å²) in [4.78, 5) is 16.2. The second kappa shape index (κ2) is 6.36. The first-order valence-electron chi connectivity index (χ1n) is 5.68. The molecule has 0 N–H and O–H groups in total. The molecule has 1 aromatic rings. The van der Waals surface area contributed by atoms with Gasteiger partial charge in [-0.15, -0.1) is 0 Å². The van der Waals surface area contributed by atoms with Crippen molar-refractivity contribution >= 4 is 23.5 Å². The van der Waals surface area contributed by atoms with Gasteiger partial charge in [0, 0.05) is 26.7 Å². The Morgan fingerprint density at radius 3 is 2.33 bits per heavy atom. The summed E-state index contributed by atoms with van der Waals surface area (Å²) in [6.07, 6.45) is 0.415. The van der Waals surface area contributed by atoms with Gasteiger partial charge in [-0.3, -0.25) is 0 Å². The van der Waals surface area contributed by atoms with Gasteiger partial charge in [-0.25, -0.2) is 0 Å². The molecule has 0 spiro atoms. The van der Waals surface area contributed by atoms with Crippen LogP contribution in [0.3, 0.4) is 0 Å². The molecule has 6 nitrogen and oxygen atoms in total. The number of rotatable bonds is 5. The van der Waals surface area contributed by atoms with Crippen molar-refractivity contribution in [3.63, 3.8) is 0 Å². The predicted molar refractivity (Wildman–Crippen MR) is 71.9 cm³/mol. The van der Waals surface area contributed by atoms with Crippen LogP contribution in [0.25, 0.3) is 0 Å². The number of hydrogen-bond donors (Lipinski definition) is 0. The standard InChI is InChI=1S/C11H17ClN6/c1-8(2)18(7-5-6-13)11-15-9(12)14-10(16-11)17(3)4/h8H,5,7H2,1-4H3. The SMILES string of the molecule is CC(C)N(CCC#N)c1nc(Cl)nc(N(C)C)n1. The molecule has 0 radical (unpaired) electrons. The zero-order chi connectivity index (χ0) is 13.7. The molecule has 0 aliphatic rings. The summed E-state index contributed by atoms with van der Waals surface area (Å²) in [6.45, 7) is 4.61. The molecule has 18 heavy (non-hydrogen) atoms. The fraction of sp³-hybridized carbons (Fsp3) is 0.636. The molecule has 1 heterocycles. The Morgan fingerprint density at radius 1 is 1.22 bits per heavy atom. The Labute approximate surface area is 112 Å². The van der Waals surface area contributed by atoms with E-state index in [0.717, 1.165) is 0 Å². The van der Waals surface area contributed by atoms with Crippen LogP contribution >= 0.6 is 11.6 Å². The van der Waals surface area contributed by atoms with E-state index in [0.29, 0.717) is 24.9 Å². The van der Waals surface area contributed by atoms with Crippen molar-refractivity contribution in [2.24, 2.45) is 0 Å². The molecule has 98 valence electrons. The summed E-state index contributed by atoms with van der Waals surface area (Å²) in [5.74, 6) is 1.01. The van der Waals surface area contributed by atoms with Crippen molar-refractivity contribution in [1.29, 1.82) is 5.26 Å². The summed E-state index contributed by atoms with van der Waals surface area (Å²) in [5, 5.41) is 8.84. The van der Waals surface area contributed by atoms with Crippen molar-refractivity contribution in [2.45, 2.75) is 26.3 Å². The normalized spacial score (nSPS) is 10.3. The fourth-order valence-electron chi connectivity index (χ4n) is 1.42. The minimum atomic E-state index is 0.159. The van der Waals surface area contributed by atoms with Crippen LogP contribution in [0, 0.1) is 11.3 Å². The molecular formula is C11H17ClN6. The molecule has 0 aliphatic carbocycles. The van der Waals surface area contributed by atoms with E-state index < -0.39 is 0 Å². The minimum Gasteiger partial charge on any atom is -0.347 e. The summed E-state index contributed by atoms with van der Waals surface area (Å²) >= 11 is 5.90. The van der Waals surface area contributed by atoms with E-state index in [2.05, 4.69) is 21.0 Å². The van der Waals surface area contributed by atoms with Gasteiger partial charge in [0.15, 0.2) is 0 Å². The van der Waals surface area contributed by atoms with E-state index >= 15 is 0 Å². The Hall–Kier alpha value is -1.61. The van der Waals surface area contributed by atoms with E-state index in [1.165, 1.54) is 0 Å². The van der Waals surface area contributed by atoms with Crippen LogP contribution < -0.4 is 9.80 Å². The van der Waals surface area contributed by atoms with E-state index in [9.17, 15) is 0 Å². The second-order valence-corrected chi connectivity index (χ2v) is 4.63. The fourth-order valence-corrected chi connectivity index (χ4v) is 1.57. The van der Waals surface area contributed by atoms with E-state index in [4.69, 9.17) is 16.9 Å². The number of nitriles is 1. The van der Waals surface area contributed by atoms with Gasteiger partial charge >= 0.3 is 0 Å². The van der Waals surface area contributed by atoms with Gasteiger partial charge in [-0.05, 0) is 25.4 Å². The first-order chi connectivity index (χ1) is 8.45. The molecule has 1 rings (SSSR count). The smallest absolute Gasteiger partial charge is 0.231 e. The third-order valence-electron chi connectivity index (χ3n) is 2.33. The Kier molecular flexibility index (Phi) is 5.10.